The van der Waals surface area contributed by atoms with Crippen LogP contribution < -0.4 is 11.1 Å². The van der Waals surface area contributed by atoms with Gasteiger partial charge in [-0.25, -0.2) is 9.19 Å². The molecule has 0 saturated heterocycles. The highest BCUT2D eigenvalue weighted by molar-refractivity contribution is 8.16. The van der Waals surface area contributed by atoms with Crippen LogP contribution in [-0.2, 0) is 14.3 Å². The highest BCUT2D eigenvalue weighted by Gasteiger charge is 2.37. The van der Waals surface area contributed by atoms with E-state index in [-0.39, 0.29) is 29.1 Å². The summed E-state index contributed by atoms with van der Waals surface area (Å²) in [5, 5.41) is 7.10. The van der Waals surface area contributed by atoms with E-state index in [1.165, 1.54) is 6.34 Å². The van der Waals surface area contributed by atoms with Crippen molar-refractivity contribution in [3.05, 3.63) is 52.1 Å². The summed E-state index contributed by atoms with van der Waals surface area (Å²) < 4.78 is 14.7. The zero-order chi connectivity index (χ0) is 21.7. The summed E-state index contributed by atoms with van der Waals surface area (Å²) in [5.74, 6) is 0.264. The first-order valence-electron chi connectivity index (χ1n) is 9.88. The van der Waals surface area contributed by atoms with Crippen molar-refractivity contribution in [2.75, 3.05) is 6.61 Å². The minimum Gasteiger partial charge on any atom is -0.434 e. The van der Waals surface area contributed by atoms with Crippen molar-refractivity contribution in [1.29, 1.82) is 0 Å². The highest BCUT2D eigenvalue weighted by atomic mass is 32.2. The molecule has 2 aliphatic heterocycles. The molecule has 2 aliphatic rings. The van der Waals surface area contributed by atoms with Gasteiger partial charge < -0.3 is 20.5 Å². The molecule has 3 N–H and O–H groups in total. The quantitative estimate of drug-likeness (QED) is 0.311. The van der Waals surface area contributed by atoms with Crippen LogP contribution in [0, 0.1) is 19.8 Å². The summed E-state index contributed by atoms with van der Waals surface area (Å²) in [6, 6.07) is 5.46. The van der Waals surface area contributed by atoms with Gasteiger partial charge in [-0.1, -0.05) is 29.8 Å². The second kappa shape index (κ2) is 9.75. The fourth-order valence-corrected chi connectivity index (χ4v) is 4.78. The number of aryl methyl sites for hydroxylation is 2. The Bertz CT molecular complexity index is 965. The summed E-state index contributed by atoms with van der Waals surface area (Å²) in [5.41, 5.74) is 8.48. The first-order valence-corrected chi connectivity index (χ1v) is 11.2. The lowest BCUT2D eigenvalue weighted by Crippen LogP contribution is -2.32. The van der Waals surface area contributed by atoms with Crippen molar-refractivity contribution in [2.45, 2.75) is 39.7 Å². The largest absolute Gasteiger partial charge is 0.513 e. The molecule has 160 valence electrons. The first kappa shape index (κ1) is 21.8. The van der Waals surface area contributed by atoms with Gasteiger partial charge in [0.15, 0.2) is 0 Å². The Morgan fingerprint density at radius 1 is 1.40 bits per heavy atom. The molecule has 1 aromatic rings. The number of ether oxygens (including phenoxy) is 2. The minimum absolute atomic E-state index is 0.186. The van der Waals surface area contributed by atoms with Gasteiger partial charge in [-0.05, 0) is 72.1 Å². The third-order valence-electron chi connectivity index (χ3n) is 4.99. The summed E-state index contributed by atoms with van der Waals surface area (Å²) in [6.07, 6.45) is 3.99. The molecule has 2 heterocycles. The molecule has 0 fully saturated rings. The van der Waals surface area contributed by atoms with Gasteiger partial charge in [0.2, 0.25) is 0 Å². The molecule has 0 aromatic heterocycles. The molecule has 7 nitrogen and oxygen atoms in total. The van der Waals surface area contributed by atoms with Crippen LogP contribution in [0.15, 0.2) is 39.8 Å². The molecular weight excluding hydrogens is 402 g/mol. The number of nitrogens with zero attached hydrogens (tertiary/aromatic N) is 1. The van der Waals surface area contributed by atoms with Gasteiger partial charge >= 0.3 is 6.16 Å². The summed E-state index contributed by atoms with van der Waals surface area (Å²) in [6.45, 7) is 5.80. The molecule has 30 heavy (non-hydrogen) atoms. The van der Waals surface area contributed by atoms with Crippen LogP contribution in [-0.4, -0.2) is 36.4 Å². The Morgan fingerprint density at radius 3 is 2.87 bits per heavy atom. The average Bonchev–Trinajstić information content (AvgIpc) is 3.00. The maximum Gasteiger partial charge on any atom is 0.513 e. The molecule has 8 heteroatoms. The highest BCUT2D eigenvalue weighted by Crippen LogP contribution is 2.35. The van der Waals surface area contributed by atoms with Gasteiger partial charge in [-0.2, -0.15) is 0 Å². The Balaban J connectivity index is 1.92. The molecule has 3 rings (SSSR count). The fourth-order valence-electron chi connectivity index (χ4n) is 3.54. The number of rotatable bonds is 6. The monoisotopic (exact) mass is 429 g/mol. The topological polar surface area (TPSA) is 103 Å². The molecular formula is C22H27N3O4S. The third-order valence-corrected chi connectivity index (χ3v) is 6.33. The van der Waals surface area contributed by atoms with Crippen LogP contribution in [0.2, 0.25) is 0 Å². The number of carbonyl (C=O) groups excluding carboxylic acids is 2. The molecule has 0 saturated carbocycles. The molecule has 0 radical (unpaired) electrons. The second-order valence-electron chi connectivity index (χ2n) is 7.20. The Kier molecular flexibility index (Phi) is 7.10. The maximum atomic E-state index is 12.9. The predicted molar refractivity (Wildman–Crippen MR) is 121 cm³/mol. The van der Waals surface area contributed by atoms with E-state index < -0.39 is 12.2 Å². The second-order valence-corrected chi connectivity index (χ2v) is 8.71. The van der Waals surface area contributed by atoms with E-state index in [4.69, 9.17) is 15.2 Å². The fraction of sp³-hybridized carbons (Fsp3) is 0.364. The number of benzene rings is 1. The van der Waals surface area contributed by atoms with Crippen LogP contribution in [0.5, 0.6) is 0 Å². The smallest absolute Gasteiger partial charge is 0.434 e. The molecule has 1 aromatic carbocycles. The van der Waals surface area contributed by atoms with E-state index in [9.17, 15) is 9.59 Å². The van der Waals surface area contributed by atoms with E-state index in [1.807, 2.05) is 37.5 Å². The summed E-state index contributed by atoms with van der Waals surface area (Å²) >= 11 is 0. The zero-order valence-corrected chi connectivity index (χ0v) is 18.2. The van der Waals surface area contributed by atoms with E-state index in [2.05, 4.69) is 21.2 Å². The lowest BCUT2D eigenvalue weighted by atomic mass is 9.94. The molecule has 0 aliphatic carbocycles. The van der Waals surface area contributed by atoms with Gasteiger partial charge in [0.25, 0.3) is 5.91 Å². The summed E-state index contributed by atoms with van der Waals surface area (Å²) in [4.78, 5) is 25.0. The van der Waals surface area contributed by atoms with Gasteiger partial charge in [-0.3, -0.25) is 4.79 Å². The Morgan fingerprint density at radius 2 is 2.20 bits per heavy atom. The number of hydrogen-bond acceptors (Lipinski definition) is 5. The minimum atomic E-state index is -0.804. The zero-order valence-electron chi connectivity index (χ0n) is 17.4. The van der Waals surface area contributed by atoms with Crippen LogP contribution in [0.1, 0.15) is 36.5 Å². The van der Waals surface area contributed by atoms with Crippen molar-refractivity contribution in [3.63, 3.8) is 0 Å². The SMILES string of the molecule is CCOC(=O)OC1=C(c2cc(C)ccc2C)C(=O)NC1CC1C=CS(N=CN)=CC1. The lowest BCUT2D eigenvalue weighted by molar-refractivity contribution is -0.115. The Hall–Kier alpha value is -2.87. The van der Waals surface area contributed by atoms with Gasteiger partial charge in [-0.15, -0.1) is 0 Å². The number of hydrogen-bond donors (Lipinski definition) is 2. The number of nitrogens with one attached hydrogen (secondary N) is 1. The normalized spacial score (nSPS) is 23.4. The summed E-state index contributed by atoms with van der Waals surface area (Å²) in [7, 11) is -0.304. The van der Waals surface area contributed by atoms with E-state index in [1.54, 1.807) is 6.92 Å². The van der Waals surface area contributed by atoms with E-state index >= 15 is 0 Å². The first-order chi connectivity index (χ1) is 14.4. The van der Waals surface area contributed by atoms with Gasteiger partial charge in [0, 0.05) is 0 Å². The number of amides is 1. The molecule has 1 amide bonds. The maximum absolute atomic E-state index is 12.9. The number of allylic oxidation sites excluding steroid dienone is 1. The van der Waals surface area contributed by atoms with Crippen molar-refractivity contribution in [3.8, 4) is 0 Å². The van der Waals surface area contributed by atoms with Crippen LogP contribution in [0.4, 0.5) is 4.79 Å². The standard InChI is InChI=1S/C22H27N3O4S/c1-4-28-22(27)29-20-18(12-16-7-9-30(10-8-16)24-13-23)25-21(26)19(20)17-11-14(2)5-6-15(17)3/h5-7,9-11,13,16,18H,4,8,12H2,1-3H3,(H2,23,24)(H,25,26). The van der Waals surface area contributed by atoms with E-state index in [0.717, 1.165) is 23.1 Å². The van der Waals surface area contributed by atoms with Gasteiger partial charge in [0.1, 0.15) is 5.76 Å². The Labute approximate surface area is 179 Å². The van der Waals surface area contributed by atoms with Crippen LogP contribution >= 0.6 is 10.7 Å². The van der Waals surface area contributed by atoms with Crippen molar-refractivity contribution in [2.24, 2.45) is 16.0 Å². The van der Waals surface area contributed by atoms with Crippen molar-refractivity contribution in [1.82, 2.24) is 5.32 Å². The third kappa shape index (κ3) is 4.99. The lowest BCUT2D eigenvalue weighted by Gasteiger charge is -2.21. The van der Waals surface area contributed by atoms with E-state index in [0.29, 0.717) is 17.8 Å². The average molecular weight is 430 g/mol. The molecule has 3 unspecified atom stereocenters. The van der Waals surface area contributed by atoms with Crippen molar-refractivity contribution < 1.29 is 19.1 Å². The van der Waals surface area contributed by atoms with Crippen LogP contribution in [0.3, 0.4) is 0 Å². The number of carbonyl (C=O) groups is 2. The predicted octanol–water partition coefficient (Wildman–Crippen LogP) is 3.58. The van der Waals surface area contributed by atoms with Gasteiger partial charge in [0.05, 0.1) is 24.6 Å². The number of nitrogens with two attached hydrogens (primary N) is 1. The molecule has 0 bridgehead atoms. The molecule has 0 spiro atoms. The van der Waals surface area contributed by atoms with Crippen LogP contribution in [0.25, 0.3) is 5.57 Å². The van der Waals surface area contributed by atoms with Crippen molar-refractivity contribution >= 4 is 40.0 Å². The molecule has 3 atom stereocenters.